The molecule has 1 unspecified atom stereocenters. The monoisotopic (exact) mass is 924 g/mol. The summed E-state index contributed by atoms with van der Waals surface area (Å²) in [6.45, 7) is 2.76. The van der Waals surface area contributed by atoms with Crippen molar-refractivity contribution in [2.75, 3.05) is 19.8 Å². The molecule has 0 spiro atoms. The van der Waals surface area contributed by atoms with E-state index in [1.807, 2.05) is 0 Å². The Morgan fingerprint density at radius 3 is 1.33 bits per heavy atom. The number of hydrogen-bond acceptors (Lipinski definition) is 9. The smallest absolute Gasteiger partial charge is 0.472 e. The summed E-state index contributed by atoms with van der Waals surface area (Å²) in [6, 6.07) is -1.53. The van der Waals surface area contributed by atoms with Gasteiger partial charge in [0.2, 0.25) is 0 Å². The third-order valence-corrected chi connectivity index (χ3v) is 12.0. The third-order valence-electron chi connectivity index (χ3n) is 11.0. The van der Waals surface area contributed by atoms with Gasteiger partial charge < -0.3 is 25.2 Å². The van der Waals surface area contributed by atoms with E-state index in [0.717, 1.165) is 57.8 Å². The van der Waals surface area contributed by atoms with Crippen LogP contribution >= 0.6 is 7.82 Å². The second-order valence-corrected chi connectivity index (χ2v) is 18.8. The van der Waals surface area contributed by atoms with Crippen LogP contribution in [0.3, 0.4) is 0 Å². The van der Waals surface area contributed by atoms with E-state index in [0.29, 0.717) is 19.3 Å². The van der Waals surface area contributed by atoms with Crippen LogP contribution in [0.2, 0.25) is 0 Å². The molecule has 3 atom stereocenters. The molecule has 0 heterocycles. The van der Waals surface area contributed by atoms with Crippen molar-refractivity contribution in [2.45, 2.75) is 244 Å². The number of carboxylic acids is 1. The van der Waals surface area contributed by atoms with Crippen LogP contribution in [0.15, 0.2) is 48.6 Å². The molecule has 11 nitrogen and oxygen atoms in total. The minimum atomic E-state index is -4.73. The highest BCUT2D eigenvalue weighted by molar-refractivity contribution is 7.47. The van der Waals surface area contributed by atoms with Gasteiger partial charge in [-0.25, -0.2) is 4.57 Å². The average molecular weight is 924 g/mol. The summed E-state index contributed by atoms with van der Waals surface area (Å²) >= 11 is 0. The van der Waals surface area contributed by atoms with Gasteiger partial charge in [-0.1, -0.05) is 197 Å². The van der Waals surface area contributed by atoms with Gasteiger partial charge >= 0.3 is 25.7 Å². The SMILES string of the molecule is CCCCC/C=C/C/C=C/C/C=C/CCCCCCC(=O)OC[C@@H](COP(=O)(O)OC[C@H](N)C(=O)O)OC(=O)CCC/C=C/CCCCCCCCCCCCCCCCCCCC. The Hall–Kier alpha value is -2.56. The van der Waals surface area contributed by atoms with Gasteiger partial charge in [-0.15, -0.1) is 0 Å². The first-order chi connectivity index (χ1) is 31.1. The van der Waals surface area contributed by atoms with Crippen molar-refractivity contribution in [3.63, 3.8) is 0 Å². The number of rotatable bonds is 48. The lowest BCUT2D eigenvalue weighted by molar-refractivity contribution is -0.161. The summed E-state index contributed by atoms with van der Waals surface area (Å²) in [5, 5.41) is 8.92. The number of aliphatic carboxylic acids is 1. The molecule has 0 saturated heterocycles. The zero-order valence-corrected chi connectivity index (χ0v) is 41.5. The first-order valence-corrected chi connectivity index (χ1v) is 27.2. The molecule has 4 N–H and O–H groups in total. The van der Waals surface area contributed by atoms with E-state index in [2.05, 4.69) is 67.0 Å². The fourth-order valence-electron chi connectivity index (χ4n) is 7.02. The van der Waals surface area contributed by atoms with E-state index in [-0.39, 0.29) is 19.4 Å². The van der Waals surface area contributed by atoms with Gasteiger partial charge in [-0.3, -0.25) is 23.4 Å². The van der Waals surface area contributed by atoms with E-state index < -0.39 is 51.1 Å². The van der Waals surface area contributed by atoms with Crippen molar-refractivity contribution >= 4 is 25.7 Å². The summed E-state index contributed by atoms with van der Waals surface area (Å²) in [6.07, 6.45) is 54.8. The summed E-state index contributed by atoms with van der Waals surface area (Å²) < 4.78 is 32.8. The Labute approximate surface area is 390 Å². The summed E-state index contributed by atoms with van der Waals surface area (Å²) in [5.74, 6) is -2.44. The van der Waals surface area contributed by atoms with Crippen LogP contribution in [0.25, 0.3) is 0 Å². The molecule has 0 aliphatic rings. The molecule has 372 valence electrons. The number of allylic oxidation sites excluding steroid dienone is 8. The minimum Gasteiger partial charge on any atom is -0.480 e. The van der Waals surface area contributed by atoms with E-state index in [1.165, 1.54) is 128 Å². The van der Waals surface area contributed by atoms with Gasteiger partial charge in [0.25, 0.3) is 0 Å². The molecule has 0 saturated carbocycles. The van der Waals surface area contributed by atoms with Crippen LogP contribution in [0, 0.1) is 0 Å². The zero-order chi connectivity index (χ0) is 47.0. The number of phosphoric ester groups is 1. The summed E-state index contributed by atoms with van der Waals surface area (Å²) in [4.78, 5) is 46.1. The van der Waals surface area contributed by atoms with Gasteiger partial charge in [0.05, 0.1) is 13.2 Å². The molecule has 12 heteroatoms. The largest absolute Gasteiger partial charge is 0.480 e. The van der Waals surface area contributed by atoms with Gasteiger partial charge in [-0.05, 0) is 70.6 Å². The number of phosphoric acid groups is 1. The fourth-order valence-corrected chi connectivity index (χ4v) is 7.80. The van der Waals surface area contributed by atoms with Crippen molar-refractivity contribution in [1.29, 1.82) is 0 Å². The molecule has 0 aromatic heterocycles. The molecule has 0 radical (unpaired) electrons. The molecule has 0 aliphatic carbocycles. The van der Waals surface area contributed by atoms with Crippen LogP contribution < -0.4 is 5.73 Å². The molecule has 0 amide bonds. The summed E-state index contributed by atoms with van der Waals surface area (Å²) in [5.41, 5.74) is 5.35. The summed E-state index contributed by atoms with van der Waals surface area (Å²) in [7, 11) is -4.73. The lowest BCUT2D eigenvalue weighted by Crippen LogP contribution is -2.34. The molecule has 64 heavy (non-hydrogen) atoms. The topological polar surface area (TPSA) is 172 Å². The highest BCUT2D eigenvalue weighted by atomic mass is 31.2. The second kappa shape index (κ2) is 47.0. The van der Waals surface area contributed by atoms with Crippen LogP contribution in [-0.2, 0) is 37.5 Å². The quantitative estimate of drug-likeness (QED) is 0.0229. The lowest BCUT2D eigenvalue weighted by Gasteiger charge is -2.20. The molecular weight excluding hydrogens is 830 g/mol. The maximum Gasteiger partial charge on any atom is 0.472 e. The minimum absolute atomic E-state index is 0.109. The molecule has 0 aliphatic heterocycles. The van der Waals surface area contributed by atoms with E-state index in [9.17, 15) is 23.8 Å². The Morgan fingerprint density at radius 1 is 0.484 bits per heavy atom. The van der Waals surface area contributed by atoms with Crippen molar-refractivity contribution in [3.8, 4) is 0 Å². The van der Waals surface area contributed by atoms with Crippen LogP contribution in [0.4, 0.5) is 0 Å². The Morgan fingerprint density at radius 2 is 0.844 bits per heavy atom. The van der Waals surface area contributed by atoms with E-state index in [4.69, 9.17) is 24.8 Å². The number of carbonyl (C=O) groups is 3. The molecule has 0 fully saturated rings. The molecule has 0 rings (SSSR count). The standard InChI is InChI=1S/C52H94NO10P/c1-3-5-7-9-11-13-15-17-19-21-22-23-24-25-26-28-30-32-34-36-38-40-42-44-51(55)63-48(46-61-64(58,59)62-47-49(53)52(56)57)45-60-50(54)43-41-39-37-35-33-31-29-27-20-18-16-14-12-10-8-6-4-2/h12,14,18,20,29,31,36,38,48-49H,3-11,13,15-17,19,21-28,30,32-35,37,39-47,53H2,1-2H3,(H,56,57)(H,58,59)/b14-12+,20-18+,31-29+,38-36+/t48-,49-/m0/s1. The zero-order valence-electron chi connectivity index (χ0n) is 40.6. The molecule has 0 aromatic carbocycles. The number of unbranched alkanes of at least 4 members (excludes halogenated alkanes) is 26. The van der Waals surface area contributed by atoms with Gasteiger partial charge in [0.1, 0.15) is 12.6 Å². The number of carbonyl (C=O) groups excluding carboxylic acids is 2. The second-order valence-electron chi connectivity index (χ2n) is 17.3. The van der Waals surface area contributed by atoms with Crippen LogP contribution in [-0.4, -0.2) is 59.9 Å². The normalized spacial score (nSPS) is 13.9. The predicted molar refractivity (Wildman–Crippen MR) is 263 cm³/mol. The average Bonchev–Trinajstić information content (AvgIpc) is 3.27. The maximum absolute atomic E-state index is 12.7. The van der Waals surface area contributed by atoms with Crippen molar-refractivity contribution in [1.82, 2.24) is 0 Å². The first-order valence-electron chi connectivity index (χ1n) is 25.7. The molecule has 0 bridgehead atoms. The number of ether oxygens (including phenoxy) is 2. The van der Waals surface area contributed by atoms with E-state index in [1.54, 1.807) is 0 Å². The van der Waals surface area contributed by atoms with Crippen LogP contribution in [0.5, 0.6) is 0 Å². The van der Waals surface area contributed by atoms with Crippen LogP contribution in [0.1, 0.15) is 232 Å². The van der Waals surface area contributed by atoms with Gasteiger partial charge in [-0.2, -0.15) is 0 Å². The van der Waals surface area contributed by atoms with Crippen molar-refractivity contribution in [2.24, 2.45) is 5.73 Å². The van der Waals surface area contributed by atoms with Crippen molar-refractivity contribution < 1.29 is 47.5 Å². The Kier molecular flexibility index (Phi) is 45.1. The number of hydrogen-bond donors (Lipinski definition) is 3. The highest BCUT2D eigenvalue weighted by Crippen LogP contribution is 2.43. The fraction of sp³-hybridized carbons (Fsp3) is 0.788. The Balaban J connectivity index is 4.29. The third kappa shape index (κ3) is 46.0. The Bertz CT molecular complexity index is 1270. The maximum atomic E-state index is 12.7. The van der Waals surface area contributed by atoms with Gasteiger partial charge in [0.15, 0.2) is 6.10 Å². The molecule has 0 aromatic rings. The number of carboxylic acid groups (broad SMARTS) is 1. The van der Waals surface area contributed by atoms with Gasteiger partial charge in [0, 0.05) is 12.8 Å². The molecular formula is C52H94NO10P. The number of nitrogens with two attached hydrogens (primary N) is 1. The van der Waals surface area contributed by atoms with Crippen molar-refractivity contribution in [3.05, 3.63) is 48.6 Å². The first kappa shape index (κ1) is 61.4. The highest BCUT2D eigenvalue weighted by Gasteiger charge is 2.28. The lowest BCUT2D eigenvalue weighted by atomic mass is 10.0. The van der Waals surface area contributed by atoms with E-state index >= 15 is 0 Å². The number of esters is 2. The predicted octanol–water partition coefficient (Wildman–Crippen LogP) is 14.5.